The number of fused-ring (bicyclic) bond motifs is 14. The van der Waals surface area contributed by atoms with Crippen LogP contribution in [0.1, 0.15) is 0 Å². The molecule has 0 saturated carbocycles. The molecule has 0 aliphatic heterocycles. The van der Waals surface area contributed by atoms with Gasteiger partial charge in [0.15, 0.2) is 0 Å². The summed E-state index contributed by atoms with van der Waals surface area (Å²) in [4.78, 5) is 30.3. The molecule has 9 aromatic carbocycles. The third kappa shape index (κ3) is 7.23. The van der Waals surface area contributed by atoms with Crippen LogP contribution in [0.25, 0.3) is 173 Å². The molecule has 0 unspecified atom stereocenters. The Morgan fingerprint density at radius 2 is 0.850 bits per heavy atom. The van der Waals surface area contributed by atoms with Gasteiger partial charge in [-0.2, -0.15) is 0 Å². The summed E-state index contributed by atoms with van der Waals surface area (Å²) in [7, 11) is 0. The molecule has 0 aliphatic carbocycles. The molecular formula is C72H40N6S2. The molecule has 0 spiro atoms. The minimum Gasteiger partial charge on any atom is -0.264 e. The molecule has 0 aliphatic rings. The molecule has 17 rings (SSSR count). The normalized spacial score (nSPS) is 12.0. The molecule has 6 nitrogen and oxygen atoms in total. The zero-order chi connectivity index (χ0) is 52.4. The first kappa shape index (κ1) is 45.0. The average Bonchev–Trinajstić information content (AvgIpc) is 4.11. The summed E-state index contributed by atoms with van der Waals surface area (Å²) in [5.74, 6) is 0. The Morgan fingerprint density at radius 1 is 0.275 bits per heavy atom. The molecule has 0 amide bonds. The summed E-state index contributed by atoms with van der Waals surface area (Å²) in [6, 6.07) is 78.5. The maximum absolute atomic E-state index is 5.39. The predicted molar refractivity (Wildman–Crippen MR) is 337 cm³/mol. The molecule has 370 valence electrons. The van der Waals surface area contributed by atoms with E-state index >= 15 is 0 Å². The molecule has 0 atom stereocenters. The second-order valence-corrected chi connectivity index (χ2v) is 22.8. The van der Waals surface area contributed by atoms with E-state index in [0.29, 0.717) is 0 Å². The van der Waals surface area contributed by atoms with Crippen LogP contribution in [0.15, 0.2) is 243 Å². The van der Waals surface area contributed by atoms with Gasteiger partial charge in [0.25, 0.3) is 0 Å². The summed E-state index contributed by atoms with van der Waals surface area (Å²) < 4.78 is 4.90. The molecule has 0 bridgehead atoms. The fourth-order valence-corrected chi connectivity index (χ4v) is 14.3. The summed E-state index contributed by atoms with van der Waals surface area (Å²) in [6.45, 7) is 0. The minimum atomic E-state index is 0.892. The van der Waals surface area contributed by atoms with Crippen LogP contribution < -0.4 is 0 Å². The Labute approximate surface area is 465 Å². The lowest BCUT2D eigenvalue weighted by molar-refractivity contribution is 1.36. The van der Waals surface area contributed by atoms with Gasteiger partial charge in [-0.15, -0.1) is 22.7 Å². The molecule has 0 saturated heterocycles. The van der Waals surface area contributed by atoms with Gasteiger partial charge in [0.2, 0.25) is 0 Å². The van der Waals surface area contributed by atoms with Crippen LogP contribution >= 0.6 is 22.7 Å². The third-order valence-corrected chi connectivity index (χ3v) is 18.3. The van der Waals surface area contributed by atoms with E-state index in [4.69, 9.17) is 24.9 Å². The lowest BCUT2D eigenvalue weighted by Crippen LogP contribution is -1.91. The maximum Gasteiger partial charge on any atom is 0.0972 e. The summed E-state index contributed by atoms with van der Waals surface area (Å²) in [6.07, 6.45) is 7.71. The SMILES string of the molecule is c1ccc(-c2ccc3ccc4ccc(-c5ccc6sc7c(-c8cc9ccc(-c%10cccc%11sc%12ccc(-c%13ccc%14ccc%15cccnc%15c%14n%13)cc%12c%10%11)cc9cn8)ccc(-c8ccc9ccncc9c8)c7c6c5)nc4c3n2)cc1. The fraction of sp³-hybridized carbons (Fsp3) is 0. The minimum absolute atomic E-state index is 0.892. The van der Waals surface area contributed by atoms with E-state index in [-0.39, 0.29) is 0 Å². The molecule has 80 heavy (non-hydrogen) atoms. The molecule has 17 aromatic rings. The van der Waals surface area contributed by atoms with Gasteiger partial charge < -0.3 is 0 Å². The van der Waals surface area contributed by atoms with Gasteiger partial charge >= 0.3 is 0 Å². The number of rotatable bonds is 6. The lowest BCUT2D eigenvalue weighted by atomic mass is 9.94. The number of nitrogens with zero attached hydrogens (tertiary/aromatic N) is 6. The lowest BCUT2D eigenvalue weighted by Gasteiger charge is -2.12. The standard InChI is InChI=1S/C72H40N6S2/c1-2-6-42(7-3-1)59-26-19-45-14-15-46-21-28-61(78-71(46)70(45)76-59)51-23-30-64-58(37-51)67-55(49-17-11-41-31-33-73-39-52(41)34-49)24-25-56(72(67)80-64)62-38-47-16-18-48(35-53(47)40-75-62)54-9-4-10-65-66(54)57-36-50(22-29-63(57)79-65)60-27-20-44-13-12-43-8-5-32-74-68(43)69(44)77-60/h1-40H. The van der Waals surface area contributed by atoms with E-state index in [9.17, 15) is 0 Å². The van der Waals surface area contributed by atoms with Crippen molar-refractivity contribution < 1.29 is 0 Å². The van der Waals surface area contributed by atoms with Gasteiger partial charge in [0.05, 0.1) is 44.8 Å². The molecule has 0 N–H and O–H groups in total. The van der Waals surface area contributed by atoms with Crippen molar-refractivity contribution in [3.63, 3.8) is 0 Å². The van der Waals surface area contributed by atoms with Gasteiger partial charge in [-0.1, -0.05) is 140 Å². The van der Waals surface area contributed by atoms with Crippen molar-refractivity contribution in [3.8, 4) is 67.3 Å². The Bertz CT molecular complexity index is 5450. The first-order chi connectivity index (χ1) is 39.6. The van der Waals surface area contributed by atoms with E-state index in [0.717, 1.165) is 121 Å². The van der Waals surface area contributed by atoms with Gasteiger partial charge in [0, 0.05) is 120 Å². The molecule has 0 fully saturated rings. The second-order valence-electron chi connectivity index (χ2n) is 20.6. The second kappa shape index (κ2) is 17.7. The highest BCUT2D eigenvalue weighted by Crippen LogP contribution is 2.47. The molecule has 8 heteroatoms. The number of thiophene rings is 2. The number of hydrogen-bond donors (Lipinski definition) is 0. The average molecular weight is 1050 g/mol. The van der Waals surface area contributed by atoms with E-state index in [2.05, 4.69) is 217 Å². The molecule has 8 aromatic heterocycles. The zero-order valence-corrected chi connectivity index (χ0v) is 44.2. The highest BCUT2D eigenvalue weighted by Gasteiger charge is 2.20. The van der Waals surface area contributed by atoms with Crippen LogP contribution in [0, 0.1) is 0 Å². The number of aromatic nitrogens is 6. The summed E-state index contributed by atoms with van der Waals surface area (Å²) in [5, 5.41) is 13.6. The number of benzene rings is 9. The Hall–Kier alpha value is -10.1. The van der Waals surface area contributed by atoms with E-state index in [1.54, 1.807) is 0 Å². The van der Waals surface area contributed by atoms with Crippen molar-refractivity contribution in [1.29, 1.82) is 0 Å². The Balaban J connectivity index is 0.777. The van der Waals surface area contributed by atoms with Gasteiger partial charge in [-0.05, 0) is 112 Å². The van der Waals surface area contributed by atoms with Gasteiger partial charge in [-0.3, -0.25) is 15.0 Å². The fourth-order valence-electron chi connectivity index (χ4n) is 12.0. The monoisotopic (exact) mass is 1050 g/mol. The maximum atomic E-state index is 5.39. The van der Waals surface area contributed by atoms with Crippen LogP contribution in [0.4, 0.5) is 0 Å². The van der Waals surface area contributed by atoms with E-state index in [1.165, 1.54) is 51.5 Å². The predicted octanol–water partition coefficient (Wildman–Crippen LogP) is 19.7. The first-order valence-electron chi connectivity index (χ1n) is 26.7. The smallest absolute Gasteiger partial charge is 0.0972 e. The summed E-state index contributed by atoms with van der Waals surface area (Å²) in [5.41, 5.74) is 16.3. The van der Waals surface area contributed by atoms with Crippen LogP contribution in [-0.2, 0) is 0 Å². The van der Waals surface area contributed by atoms with Gasteiger partial charge in [-0.25, -0.2) is 15.0 Å². The molecular weight excluding hydrogens is 1010 g/mol. The largest absolute Gasteiger partial charge is 0.264 e. The van der Waals surface area contributed by atoms with Crippen molar-refractivity contribution in [2.45, 2.75) is 0 Å². The Kier molecular flexibility index (Phi) is 9.95. The highest BCUT2D eigenvalue weighted by molar-refractivity contribution is 7.26. The number of hydrogen-bond acceptors (Lipinski definition) is 8. The third-order valence-electron chi connectivity index (χ3n) is 16.0. The van der Waals surface area contributed by atoms with E-state index < -0.39 is 0 Å². The van der Waals surface area contributed by atoms with Crippen LogP contribution in [0.5, 0.6) is 0 Å². The van der Waals surface area contributed by atoms with Gasteiger partial charge in [0.1, 0.15) is 0 Å². The summed E-state index contributed by atoms with van der Waals surface area (Å²) >= 11 is 3.66. The highest BCUT2D eigenvalue weighted by atomic mass is 32.1. The van der Waals surface area contributed by atoms with Crippen molar-refractivity contribution in [3.05, 3.63) is 243 Å². The molecule has 8 heterocycles. The van der Waals surface area contributed by atoms with Crippen molar-refractivity contribution in [1.82, 2.24) is 29.9 Å². The Morgan fingerprint density at radius 3 is 1.57 bits per heavy atom. The van der Waals surface area contributed by atoms with Crippen LogP contribution in [-0.4, -0.2) is 29.9 Å². The number of pyridine rings is 6. The van der Waals surface area contributed by atoms with Crippen molar-refractivity contribution in [2.75, 3.05) is 0 Å². The molecule has 0 radical (unpaired) electrons. The quantitative estimate of drug-likeness (QED) is 0.154. The van der Waals surface area contributed by atoms with Crippen LogP contribution in [0.2, 0.25) is 0 Å². The zero-order valence-electron chi connectivity index (χ0n) is 42.6. The van der Waals surface area contributed by atoms with Crippen molar-refractivity contribution in [2.24, 2.45) is 0 Å². The van der Waals surface area contributed by atoms with Crippen LogP contribution in [0.3, 0.4) is 0 Å². The van der Waals surface area contributed by atoms with Crippen molar-refractivity contribution >= 4 is 128 Å². The first-order valence-corrected chi connectivity index (χ1v) is 28.3. The topological polar surface area (TPSA) is 77.3 Å². The van der Waals surface area contributed by atoms with E-state index in [1.807, 2.05) is 53.4 Å².